The summed E-state index contributed by atoms with van der Waals surface area (Å²) in [5, 5.41) is 0. The molecule has 0 spiro atoms. The molecule has 0 N–H and O–H groups in total. The van der Waals surface area contributed by atoms with Gasteiger partial charge in [0.1, 0.15) is 59.5 Å². The van der Waals surface area contributed by atoms with Crippen LogP contribution >= 0.6 is 15.9 Å². The Hall–Kier alpha value is -2.97. The Bertz CT molecular complexity index is 1400. The fraction of sp³-hybridized carbons (Fsp3) is 0.686. The summed E-state index contributed by atoms with van der Waals surface area (Å²) >= 11 is 3.17. The first-order chi connectivity index (χ1) is 24.3. The van der Waals surface area contributed by atoms with Crippen molar-refractivity contribution in [1.29, 1.82) is 0 Å². The first-order valence-corrected chi connectivity index (χ1v) is 20.3. The molecule has 2 heterocycles. The van der Waals surface area contributed by atoms with E-state index < -0.39 is 86.6 Å². The van der Waals surface area contributed by atoms with Gasteiger partial charge in [0.2, 0.25) is 0 Å². The van der Waals surface area contributed by atoms with Gasteiger partial charge in [-0.25, -0.2) is 0 Å². The van der Waals surface area contributed by atoms with Crippen molar-refractivity contribution in [3.05, 3.63) is 0 Å². The van der Waals surface area contributed by atoms with Gasteiger partial charge in [0, 0.05) is 58.0 Å². The Labute approximate surface area is 309 Å². The second-order valence-corrected chi connectivity index (χ2v) is 17.5. The van der Waals surface area contributed by atoms with E-state index in [1.165, 1.54) is 42.1 Å². The second kappa shape index (κ2) is 22.9. The molecule has 2 aliphatic rings. The normalized spacial score (nSPS) is 28.5. The van der Waals surface area contributed by atoms with Gasteiger partial charge in [-0.3, -0.25) is 14.4 Å². The van der Waals surface area contributed by atoms with Crippen molar-refractivity contribution in [3.63, 3.8) is 0 Å². The summed E-state index contributed by atoms with van der Waals surface area (Å²) < 4.78 is 62.2. The molecule has 0 aromatic heterocycles. The molecule has 282 valence electrons. The van der Waals surface area contributed by atoms with E-state index in [2.05, 4.69) is 61.8 Å². The monoisotopic (exact) mass is 798 g/mol. The molecule has 14 nitrogen and oxygen atoms in total. The average molecular weight is 800 g/mol. The largest absolute Gasteiger partial charge is 0.463 e. The number of methoxy groups -OCH3 is 3. The van der Waals surface area contributed by atoms with Crippen LogP contribution in [0.25, 0.3) is 0 Å². The molecular weight excluding hydrogens is 752 g/mol. The van der Waals surface area contributed by atoms with Crippen LogP contribution in [-0.2, 0) is 66.5 Å². The van der Waals surface area contributed by atoms with Gasteiger partial charge in [-0.05, 0) is 16.7 Å². The molecule has 10 atom stereocenters. The van der Waals surface area contributed by atoms with Crippen molar-refractivity contribution in [2.24, 2.45) is 11.8 Å². The molecule has 2 fully saturated rings. The zero-order chi connectivity index (χ0) is 38.0. The Kier molecular flexibility index (Phi) is 19.8. The summed E-state index contributed by atoms with van der Waals surface area (Å²) in [5.41, 5.74) is 3.21. The van der Waals surface area contributed by atoms with Crippen LogP contribution in [0.15, 0.2) is 0 Å². The van der Waals surface area contributed by atoms with Gasteiger partial charge in [-0.1, -0.05) is 43.3 Å². The number of halogens is 1. The average Bonchev–Trinajstić information content (AvgIpc) is 3.05. The number of esters is 3. The molecule has 2 aliphatic heterocycles. The third-order valence-electron chi connectivity index (χ3n) is 7.02. The number of hydrogen-bond acceptors (Lipinski definition) is 14. The first-order valence-electron chi connectivity index (χ1n) is 16.0. The van der Waals surface area contributed by atoms with Crippen molar-refractivity contribution in [2.45, 2.75) is 89.2 Å². The van der Waals surface area contributed by atoms with Crippen LogP contribution < -0.4 is 0 Å². The Morgan fingerprint density at radius 3 is 1.73 bits per heavy atom. The van der Waals surface area contributed by atoms with E-state index in [4.69, 9.17) is 52.1 Å². The maximum Gasteiger partial charge on any atom is 0.303 e. The zero-order valence-corrected chi connectivity index (χ0v) is 33.0. The highest BCUT2D eigenvalue weighted by Gasteiger charge is 2.50. The van der Waals surface area contributed by atoms with E-state index in [-0.39, 0.29) is 33.6 Å². The molecular formula is C35H47BrO14Si. The van der Waals surface area contributed by atoms with E-state index in [0.29, 0.717) is 0 Å². The molecule has 0 saturated carbocycles. The molecule has 2 rings (SSSR count). The Morgan fingerprint density at radius 1 is 0.647 bits per heavy atom. The lowest BCUT2D eigenvalue weighted by Gasteiger charge is -2.42. The van der Waals surface area contributed by atoms with E-state index >= 15 is 0 Å². The van der Waals surface area contributed by atoms with Crippen LogP contribution in [0.3, 0.4) is 0 Å². The minimum Gasteiger partial charge on any atom is -0.463 e. The van der Waals surface area contributed by atoms with Crippen molar-refractivity contribution >= 4 is 41.9 Å². The van der Waals surface area contributed by atoms with Crippen molar-refractivity contribution in [1.82, 2.24) is 0 Å². The molecule has 51 heavy (non-hydrogen) atoms. The topological polar surface area (TPSA) is 153 Å². The number of carbonyl (C=O) groups excluding carboxylic acids is 3. The second-order valence-electron chi connectivity index (χ2n) is 12.3. The van der Waals surface area contributed by atoms with Gasteiger partial charge in [-0.15, -0.1) is 5.54 Å². The fourth-order valence-electron chi connectivity index (χ4n) is 5.10. The minimum absolute atomic E-state index is 0.0176. The van der Waals surface area contributed by atoms with E-state index in [1.54, 1.807) is 0 Å². The van der Waals surface area contributed by atoms with E-state index in [1.807, 2.05) is 19.6 Å². The summed E-state index contributed by atoms with van der Waals surface area (Å²) in [7, 11) is 2.54. The Morgan fingerprint density at radius 2 is 1.18 bits per heavy atom. The van der Waals surface area contributed by atoms with Crippen LogP contribution in [-0.4, -0.2) is 130 Å². The number of rotatable bonds is 14. The fourth-order valence-corrected chi connectivity index (χ4v) is 5.94. The number of carbonyl (C=O) groups is 3. The first kappa shape index (κ1) is 44.2. The predicted molar refractivity (Wildman–Crippen MR) is 187 cm³/mol. The minimum atomic E-state index is -1.92. The summed E-state index contributed by atoms with van der Waals surface area (Å²) in [4.78, 5) is 39.1. The lowest BCUT2D eigenvalue weighted by atomic mass is 9.86. The molecule has 16 heteroatoms. The van der Waals surface area contributed by atoms with Gasteiger partial charge in [0.25, 0.3) is 0 Å². The quantitative estimate of drug-likeness (QED) is 0.0629. The molecule has 0 radical (unpaired) electrons. The molecule has 0 aliphatic carbocycles. The van der Waals surface area contributed by atoms with Gasteiger partial charge < -0.3 is 52.1 Å². The summed E-state index contributed by atoms with van der Waals surface area (Å²) in [5.74, 6) is 14.3. The lowest BCUT2D eigenvalue weighted by Crippen LogP contribution is -2.57. The number of hydrogen-bond donors (Lipinski definition) is 0. The van der Waals surface area contributed by atoms with Crippen LogP contribution in [0, 0.1) is 57.7 Å². The van der Waals surface area contributed by atoms with Crippen LogP contribution in [0.5, 0.6) is 0 Å². The highest BCUT2D eigenvalue weighted by Crippen LogP contribution is 2.32. The van der Waals surface area contributed by atoms with E-state index in [9.17, 15) is 14.4 Å². The summed E-state index contributed by atoms with van der Waals surface area (Å²) in [6, 6.07) is 0. The maximum atomic E-state index is 12.4. The SMILES string of the molecule is COCOC[C@H]1O[C@H](C#CC#C[C@H]2[C@H](OC(C)=O)[C@@H](OC(C)=O)[C@@H](C#C[Si](C)(C)C)O[C@@H]2COC(C)=O)[C@H](OCOC)[C@@H](OCOC)[C@@H]1C#CBr. The van der Waals surface area contributed by atoms with Gasteiger partial charge in [-0.2, -0.15) is 0 Å². The van der Waals surface area contributed by atoms with E-state index in [0.717, 1.165) is 0 Å². The molecule has 2 saturated heterocycles. The van der Waals surface area contributed by atoms with Crippen molar-refractivity contribution in [2.75, 3.05) is 54.9 Å². The van der Waals surface area contributed by atoms with Crippen LogP contribution in [0.4, 0.5) is 0 Å². The highest BCUT2D eigenvalue weighted by atomic mass is 79.9. The molecule has 0 aromatic rings. The lowest BCUT2D eigenvalue weighted by molar-refractivity contribution is -0.246. The summed E-state index contributed by atoms with van der Waals surface area (Å²) in [6.07, 6.45) is -7.26. The van der Waals surface area contributed by atoms with Gasteiger partial charge >= 0.3 is 17.9 Å². The van der Waals surface area contributed by atoms with Crippen LogP contribution in [0.2, 0.25) is 19.6 Å². The molecule has 0 aromatic carbocycles. The predicted octanol–water partition coefficient (Wildman–Crippen LogP) is 2.02. The third-order valence-corrected chi connectivity index (χ3v) is 8.14. The van der Waals surface area contributed by atoms with Gasteiger partial charge in [0.05, 0.1) is 24.5 Å². The van der Waals surface area contributed by atoms with Crippen LogP contribution in [0.1, 0.15) is 20.8 Å². The maximum absolute atomic E-state index is 12.4. The third kappa shape index (κ3) is 15.3. The molecule has 0 bridgehead atoms. The smallest absolute Gasteiger partial charge is 0.303 e. The number of ether oxygens (including phenoxy) is 11. The van der Waals surface area contributed by atoms with Gasteiger partial charge in [0.15, 0.2) is 18.3 Å². The standard InChI is InChI=1S/C35H47BrO14Si/c1-23(37)44-19-31-26(33(47-24(2)38)35(48-25(3)39)29(50-31)15-17-51(7,8)9)12-10-11-13-28-34(46-22-42-6)32(45-21-41-5)27(14-16-36)30(49-28)18-43-20-40-4/h26-35H,18-22H2,1-9H3/t26-,27-,28-,29-,30-,31-,32+,33+,34+,35+/m1/s1. The molecule has 0 unspecified atom stereocenters. The summed E-state index contributed by atoms with van der Waals surface area (Å²) in [6.45, 7) is 9.49. The van der Waals surface area contributed by atoms with Crippen molar-refractivity contribution in [3.8, 4) is 45.9 Å². The van der Waals surface area contributed by atoms with Crippen molar-refractivity contribution < 1.29 is 66.5 Å². The zero-order valence-electron chi connectivity index (χ0n) is 30.4. The Balaban J connectivity index is 2.63. The highest BCUT2D eigenvalue weighted by molar-refractivity contribution is 9.12. The molecule has 0 amide bonds.